The first kappa shape index (κ1) is 17.4. The highest BCUT2D eigenvalue weighted by Gasteiger charge is 2.17. The fraction of sp³-hybridized carbons (Fsp3) is 0.211. The SMILES string of the molecule is O=C(CCc1nnc(-c2ccccc2)o1)Nc1cc2c(cc1Cl)OCCO2. The van der Waals surface area contributed by atoms with Crippen molar-refractivity contribution in [2.75, 3.05) is 18.5 Å². The fourth-order valence-electron chi connectivity index (χ4n) is 2.64. The van der Waals surface area contributed by atoms with Gasteiger partial charge in [0.2, 0.25) is 17.7 Å². The number of nitrogens with zero attached hydrogens (tertiary/aromatic N) is 2. The first-order chi connectivity index (χ1) is 13.2. The molecule has 1 N–H and O–H groups in total. The summed E-state index contributed by atoms with van der Waals surface area (Å²) in [5.74, 6) is 1.75. The third-order valence-electron chi connectivity index (χ3n) is 3.96. The number of aryl methyl sites for hydroxylation is 1. The second-order valence-corrected chi connectivity index (χ2v) is 6.30. The zero-order chi connectivity index (χ0) is 18.6. The van der Waals surface area contributed by atoms with E-state index in [1.54, 1.807) is 12.1 Å². The molecule has 8 heteroatoms. The van der Waals surface area contributed by atoms with E-state index >= 15 is 0 Å². The Labute approximate surface area is 160 Å². The third-order valence-corrected chi connectivity index (χ3v) is 4.27. The molecular weight excluding hydrogens is 370 g/mol. The minimum atomic E-state index is -0.215. The maximum Gasteiger partial charge on any atom is 0.247 e. The maximum atomic E-state index is 12.3. The standard InChI is InChI=1S/C19H16ClN3O4/c20-13-10-15-16(26-9-8-25-15)11-14(13)21-17(24)6-7-18-22-23-19(27-18)12-4-2-1-3-5-12/h1-5,10-11H,6-9H2,(H,21,24). The van der Waals surface area contributed by atoms with Crippen LogP contribution in [0.2, 0.25) is 5.02 Å². The highest BCUT2D eigenvalue weighted by atomic mass is 35.5. The summed E-state index contributed by atoms with van der Waals surface area (Å²) in [4.78, 5) is 12.3. The number of ether oxygens (including phenoxy) is 2. The van der Waals surface area contributed by atoms with Gasteiger partial charge in [0.05, 0.1) is 10.7 Å². The van der Waals surface area contributed by atoms with Gasteiger partial charge in [0.25, 0.3) is 0 Å². The van der Waals surface area contributed by atoms with Crippen LogP contribution in [-0.2, 0) is 11.2 Å². The molecule has 0 saturated heterocycles. The van der Waals surface area contributed by atoms with E-state index in [1.807, 2.05) is 30.3 Å². The summed E-state index contributed by atoms with van der Waals surface area (Å²) in [6, 6.07) is 12.8. The van der Waals surface area contributed by atoms with Gasteiger partial charge < -0.3 is 19.2 Å². The topological polar surface area (TPSA) is 86.5 Å². The van der Waals surface area contributed by atoms with Crippen LogP contribution in [0.15, 0.2) is 46.9 Å². The zero-order valence-corrected chi connectivity index (χ0v) is 15.0. The Bertz CT molecular complexity index is 959. The molecular formula is C19H16ClN3O4. The monoisotopic (exact) mass is 385 g/mol. The molecule has 0 aliphatic carbocycles. The van der Waals surface area contributed by atoms with E-state index in [0.29, 0.717) is 53.6 Å². The number of hydrogen-bond acceptors (Lipinski definition) is 6. The number of hydrogen-bond donors (Lipinski definition) is 1. The average Bonchev–Trinajstić information content (AvgIpc) is 3.17. The average molecular weight is 386 g/mol. The van der Waals surface area contributed by atoms with E-state index in [2.05, 4.69) is 15.5 Å². The first-order valence-corrected chi connectivity index (χ1v) is 8.83. The Balaban J connectivity index is 1.37. The van der Waals surface area contributed by atoms with Gasteiger partial charge in [-0.3, -0.25) is 4.79 Å². The van der Waals surface area contributed by atoms with Gasteiger partial charge in [-0.2, -0.15) is 0 Å². The number of benzene rings is 2. The smallest absolute Gasteiger partial charge is 0.247 e. The summed E-state index contributed by atoms with van der Waals surface area (Å²) in [7, 11) is 0. The molecule has 1 amide bonds. The van der Waals surface area contributed by atoms with Gasteiger partial charge in [-0.25, -0.2) is 0 Å². The van der Waals surface area contributed by atoms with Crippen LogP contribution >= 0.6 is 11.6 Å². The summed E-state index contributed by atoms with van der Waals surface area (Å²) in [6.07, 6.45) is 0.509. The summed E-state index contributed by atoms with van der Waals surface area (Å²) in [6.45, 7) is 0.938. The lowest BCUT2D eigenvalue weighted by Crippen LogP contribution is -2.17. The summed E-state index contributed by atoms with van der Waals surface area (Å²) in [5.41, 5.74) is 1.31. The Morgan fingerprint density at radius 3 is 2.59 bits per heavy atom. The summed E-state index contributed by atoms with van der Waals surface area (Å²) >= 11 is 6.20. The molecule has 4 rings (SSSR count). The van der Waals surface area contributed by atoms with E-state index in [0.717, 1.165) is 5.56 Å². The van der Waals surface area contributed by atoms with Crippen molar-refractivity contribution in [3.63, 3.8) is 0 Å². The van der Waals surface area contributed by atoms with E-state index in [1.165, 1.54) is 0 Å². The molecule has 27 heavy (non-hydrogen) atoms. The van der Waals surface area contributed by atoms with Crippen LogP contribution in [0, 0.1) is 0 Å². The van der Waals surface area contributed by atoms with Crippen molar-refractivity contribution < 1.29 is 18.7 Å². The number of carbonyl (C=O) groups is 1. The maximum absolute atomic E-state index is 12.3. The second kappa shape index (κ2) is 7.67. The Morgan fingerprint density at radius 1 is 1.07 bits per heavy atom. The van der Waals surface area contributed by atoms with Crippen molar-refractivity contribution in [1.82, 2.24) is 10.2 Å². The van der Waals surface area contributed by atoms with E-state index in [-0.39, 0.29) is 12.3 Å². The number of rotatable bonds is 5. The highest BCUT2D eigenvalue weighted by Crippen LogP contribution is 2.38. The lowest BCUT2D eigenvalue weighted by Gasteiger charge is -2.20. The number of fused-ring (bicyclic) bond motifs is 1. The minimum absolute atomic E-state index is 0.182. The molecule has 0 unspecified atom stereocenters. The normalized spacial score (nSPS) is 12.6. The quantitative estimate of drug-likeness (QED) is 0.720. The number of amides is 1. The third kappa shape index (κ3) is 4.03. The van der Waals surface area contributed by atoms with Gasteiger partial charge in [-0.05, 0) is 12.1 Å². The van der Waals surface area contributed by atoms with Crippen LogP contribution in [0.4, 0.5) is 5.69 Å². The molecule has 0 radical (unpaired) electrons. The Morgan fingerprint density at radius 2 is 1.81 bits per heavy atom. The van der Waals surface area contributed by atoms with Crippen molar-refractivity contribution in [1.29, 1.82) is 0 Å². The molecule has 2 aromatic carbocycles. The molecule has 1 aliphatic rings. The molecule has 1 aliphatic heterocycles. The molecule has 3 aromatic rings. The predicted molar refractivity (Wildman–Crippen MR) is 99.1 cm³/mol. The molecule has 138 valence electrons. The van der Waals surface area contributed by atoms with Gasteiger partial charge in [-0.15, -0.1) is 10.2 Å². The molecule has 7 nitrogen and oxygen atoms in total. The zero-order valence-electron chi connectivity index (χ0n) is 14.3. The Hall–Kier alpha value is -3.06. The molecule has 0 atom stereocenters. The van der Waals surface area contributed by atoms with E-state index in [4.69, 9.17) is 25.5 Å². The highest BCUT2D eigenvalue weighted by molar-refractivity contribution is 6.34. The van der Waals surface area contributed by atoms with E-state index < -0.39 is 0 Å². The number of nitrogens with one attached hydrogen (secondary N) is 1. The lowest BCUT2D eigenvalue weighted by atomic mass is 10.2. The second-order valence-electron chi connectivity index (χ2n) is 5.89. The first-order valence-electron chi connectivity index (χ1n) is 8.46. The van der Waals surface area contributed by atoms with E-state index in [9.17, 15) is 4.79 Å². The van der Waals surface area contributed by atoms with Gasteiger partial charge in [0.1, 0.15) is 13.2 Å². The van der Waals surface area contributed by atoms with Crippen molar-refractivity contribution >= 4 is 23.2 Å². The van der Waals surface area contributed by atoms with Crippen LogP contribution in [0.3, 0.4) is 0 Å². The number of anilines is 1. The van der Waals surface area contributed by atoms with Crippen LogP contribution in [0.25, 0.3) is 11.5 Å². The summed E-state index contributed by atoms with van der Waals surface area (Å²) in [5, 5.41) is 11.2. The molecule has 2 heterocycles. The number of halogens is 1. The van der Waals surface area contributed by atoms with Gasteiger partial charge in [-0.1, -0.05) is 29.8 Å². The van der Waals surface area contributed by atoms with Gasteiger partial charge in [0, 0.05) is 30.5 Å². The van der Waals surface area contributed by atoms with Crippen molar-refractivity contribution in [2.24, 2.45) is 0 Å². The molecule has 0 spiro atoms. The number of carbonyl (C=O) groups excluding carboxylic acids is 1. The van der Waals surface area contributed by atoms with Gasteiger partial charge in [0.15, 0.2) is 11.5 Å². The lowest BCUT2D eigenvalue weighted by molar-refractivity contribution is -0.116. The molecule has 0 saturated carbocycles. The number of aromatic nitrogens is 2. The van der Waals surface area contributed by atoms with Crippen molar-refractivity contribution in [3.05, 3.63) is 53.4 Å². The molecule has 0 fully saturated rings. The van der Waals surface area contributed by atoms with Crippen molar-refractivity contribution in [3.8, 4) is 23.0 Å². The Kier molecular flexibility index (Phi) is 4.93. The van der Waals surface area contributed by atoms with Crippen LogP contribution < -0.4 is 14.8 Å². The van der Waals surface area contributed by atoms with Crippen LogP contribution in [0.1, 0.15) is 12.3 Å². The largest absolute Gasteiger partial charge is 0.486 e. The van der Waals surface area contributed by atoms with Crippen LogP contribution in [-0.4, -0.2) is 29.3 Å². The fourth-order valence-corrected chi connectivity index (χ4v) is 2.85. The van der Waals surface area contributed by atoms with Gasteiger partial charge >= 0.3 is 0 Å². The minimum Gasteiger partial charge on any atom is -0.486 e. The molecule has 1 aromatic heterocycles. The van der Waals surface area contributed by atoms with Crippen LogP contribution in [0.5, 0.6) is 11.5 Å². The van der Waals surface area contributed by atoms with Crippen molar-refractivity contribution in [2.45, 2.75) is 12.8 Å². The molecule has 0 bridgehead atoms. The summed E-state index contributed by atoms with van der Waals surface area (Å²) < 4.78 is 16.6. The predicted octanol–water partition coefficient (Wildman–Crippen LogP) is 3.73.